The van der Waals surface area contributed by atoms with Gasteiger partial charge in [-0.05, 0) is 49.6 Å². The van der Waals surface area contributed by atoms with Crippen LogP contribution < -0.4 is 5.32 Å². The van der Waals surface area contributed by atoms with Gasteiger partial charge in [-0.15, -0.1) is 0 Å². The SMILES string of the molecule is CCCn1c(CNC(C)c2ccccc2C)nc2cc(S(=O)(=O)N(C)C)ccc21. The molecule has 0 fully saturated rings. The lowest BCUT2D eigenvalue weighted by atomic mass is 10.0. The molecule has 2 aromatic carbocycles. The molecule has 0 saturated heterocycles. The van der Waals surface area contributed by atoms with Crippen molar-refractivity contribution in [2.24, 2.45) is 0 Å². The van der Waals surface area contributed by atoms with Gasteiger partial charge in [-0.3, -0.25) is 0 Å². The number of benzene rings is 2. The van der Waals surface area contributed by atoms with E-state index in [1.165, 1.54) is 29.5 Å². The summed E-state index contributed by atoms with van der Waals surface area (Å²) in [7, 11) is -0.404. The molecule has 0 saturated carbocycles. The summed E-state index contributed by atoms with van der Waals surface area (Å²) in [6.07, 6.45) is 0.976. The van der Waals surface area contributed by atoms with E-state index < -0.39 is 10.0 Å². The average Bonchev–Trinajstić information content (AvgIpc) is 3.03. The van der Waals surface area contributed by atoms with Crippen LogP contribution >= 0.6 is 0 Å². The predicted octanol–water partition coefficient (Wildman–Crippen LogP) is 3.86. The molecule has 7 heteroatoms. The van der Waals surface area contributed by atoms with Gasteiger partial charge < -0.3 is 9.88 Å². The van der Waals surface area contributed by atoms with Gasteiger partial charge in [-0.2, -0.15) is 0 Å². The molecule has 3 aromatic rings. The van der Waals surface area contributed by atoms with E-state index in [1.807, 2.05) is 12.1 Å². The molecule has 156 valence electrons. The van der Waals surface area contributed by atoms with Crippen molar-refractivity contribution in [3.63, 3.8) is 0 Å². The van der Waals surface area contributed by atoms with Crippen LogP contribution in [0, 0.1) is 6.92 Å². The molecule has 0 amide bonds. The smallest absolute Gasteiger partial charge is 0.242 e. The summed E-state index contributed by atoms with van der Waals surface area (Å²) in [4.78, 5) is 5.04. The van der Waals surface area contributed by atoms with Gasteiger partial charge in [-0.25, -0.2) is 17.7 Å². The minimum Gasteiger partial charge on any atom is -0.327 e. The number of hydrogen-bond acceptors (Lipinski definition) is 4. The molecule has 0 bridgehead atoms. The number of nitrogens with one attached hydrogen (secondary N) is 1. The highest BCUT2D eigenvalue weighted by molar-refractivity contribution is 7.89. The molecule has 0 aliphatic rings. The van der Waals surface area contributed by atoms with Gasteiger partial charge in [-0.1, -0.05) is 31.2 Å². The Morgan fingerprint density at radius 1 is 1.17 bits per heavy atom. The van der Waals surface area contributed by atoms with Crippen LogP contribution in [-0.4, -0.2) is 36.4 Å². The highest BCUT2D eigenvalue weighted by Gasteiger charge is 2.20. The van der Waals surface area contributed by atoms with Crippen molar-refractivity contribution in [2.75, 3.05) is 14.1 Å². The number of imidazole rings is 1. The first-order chi connectivity index (χ1) is 13.8. The van der Waals surface area contributed by atoms with E-state index in [4.69, 9.17) is 4.98 Å². The molecular weight excluding hydrogens is 384 g/mol. The van der Waals surface area contributed by atoms with Gasteiger partial charge in [0, 0.05) is 26.7 Å². The second-order valence-corrected chi connectivity index (χ2v) is 9.73. The average molecular weight is 415 g/mol. The third-order valence-electron chi connectivity index (χ3n) is 5.25. The Morgan fingerprint density at radius 3 is 2.55 bits per heavy atom. The van der Waals surface area contributed by atoms with Crippen molar-refractivity contribution in [1.82, 2.24) is 19.2 Å². The second-order valence-electron chi connectivity index (χ2n) is 7.58. The van der Waals surface area contributed by atoms with Crippen LogP contribution in [0.25, 0.3) is 11.0 Å². The number of fused-ring (bicyclic) bond motifs is 1. The molecule has 29 heavy (non-hydrogen) atoms. The van der Waals surface area contributed by atoms with Crippen LogP contribution in [0.3, 0.4) is 0 Å². The fraction of sp³-hybridized carbons (Fsp3) is 0.409. The van der Waals surface area contributed by atoms with E-state index in [-0.39, 0.29) is 10.9 Å². The van der Waals surface area contributed by atoms with Gasteiger partial charge in [0.15, 0.2) is 0 Å². The van der Waals surface area contributed by atoms with E-state index in [1.54, 1.807) is 12.1 Å². The second kappa shape index (κ2) is 8.65. The Labute approximate surface area is 173 Å². The molecular formula is C22H30N4O2S. The largest absolute Gasteiger partial charge is 0.327 e. The van der Waals surface area contributed by atoms with E-state index in [0.29, 0.717) is 12.1 Å². The minimum atomic E-state index is -3.48. The number of hydrogen-bond donors (Lipinski definition) is 1. The molecule has 0 aliphatic heterocycles. The minimum absolute atomic E-state index is 0.191. The standard InChI is InChI=1S/C22H30N4O2S/c1-6-13-26-21-12-11-18(29(27,28)25(4)5)14-20(21)24-22(26)15-23-17(3)19-10-8-7-9-16(19)2/h7-12,14,17,23H,6,13,15H2,1-5H3. The Bertz CT molecular complexity index is 1100. The molecule has 1 atom stereocenters. The first-order valence-corrected chi connectivity index (χ1v) is 11.4. The van der Waals surface area contributed by atoms with E-state index >= 15 is 0 Å². The van der Waals surface area contributed by atoms with Crippen LogP contribution in [0.4, 0.5) is 0 Å². The lowest BCUT2D eigenvalue weighted by Crippen LogP contribution is -2.22. The maximum Gasteiger partial charge on any atom is 0.242 e. The summed E-state index contributed by atoms with van der Waals surface area (Å²) >= 11 is 0. The molecule has 1 N–H and O–H groups in total. The summed E-state index contributed by atoms with van der Waals surface area (Å²) in [6.45, 7) is 7.85. The Kier molecular flexibility index (Phi) is 6.41. The number of aryl methyl sites for hydroxylation is 2. The van der Waals surface area contributed by atoms with Crippen LogP contribution in [0.15, 0.2) is 47.4 Å². The fourth-order valence-corrected chi connectivity index (χ4v) is 4.49. The van der Waals surface area contributed by atoms with Gasteiger partial charge in [0.1, 0.15) is 5.82 Å². The van der Waals surface area contributed by atoms with Crippen LogP contribution in [0.5, 0.6) is 0 Å². The third-order valence-corrected chi connectivity index (χ3v) is 7.06. The van der Waals surface area contributed by atoms with Crippen molar-refractivity contribution in [1.29, 1.82) is 0 Å². The normalized spacial score (nSPS) is 13.3. The summed E-state index contributed by atoms with van der Waals surface area (Å²) in [5, 5.41) is 3.57. The molecule has 0 aliphatic carbocycles. The van der Waals surface area contributed by atoms with Crippen LogP contribution in [-0.2, 0) is 23.1 Å². The lowest BCUT2D eigenvalue weighted by Gasteiger charge is -2.17. The van der Waals surface area contributed by atoms with Gasteiger partial charge >= 0.3 is 0 Å². The number of nitrogens with zero attached hydrogens (tertiary/aromatic N) is 3. The first-order valence-electron chi connectivity index (χ1n) is 9.96. The summed E-state index contributed by atoms with van der Waals surface area (Å²) in [6, 6.07) is 13.8. The van der Waals surface area contributed by atoms with Crippen molar-refractivity contribution in [3.8, 4) is 0 Å². The lowest BCUT2D eigenvalue weighted by molar-refractivity contribution is 0.521. The van der Waals surface area contributed by atoms with Crippen LogP contribution in [0.1, 0.15) is 43.3 Å². The summed E-state index contributed by atoms with van der Waals surface area (Å²) in [5.74, 6) is 0.918. The van der Waals surface area contributed by atoms with Crippen molar-refractivity contribution in [3.05, 3.63) is 59.4 Å². The maximum absolute atomic E-state index is 12.5. The zero-order valence-electron chi connectivity index (χ0n) is 17.8. The number of aromatic nitrogens is 2. The molecule has 0 radical (unpaired) electrons. The monoisotopic (exact) mass is 414 g/mol. The molecule has 1 aromatic heterocycles. The van der Waals surface area contributed by atoms with E-state index in [9.17, 15) is 8.42 Å². The zero-order valence-corrected chi connectivity index (χ0v) is 18.6. The first kappa shape index (κ1) is 21.5. The fourth-order valence-electron chi connectivity index (χ4n) is 3.57. The third kappa shape index (κ3) is 4.37. The Hall–Kier alpha value is -2.22. The maximum atomic E-state index is 12.5. The topological polar surface area (TPSA) is 67.2 Å². The summed E-state index contributed by atoms with van der Waals surface area (Å²) < 4.78 is 28.4. The van der Waals surface area contributed by atoms with Crippen LogP contribution in [0.2, 0.25) is 0 Å². The number of rotatable bonds is 8. The number of sulfonamides is 1. The molecule has 1 unspecified atom stereocenters. The van der Waals surface area contributed by atoms with Gasteiger partial charge in [0.2, 0.25) is 10.0 Å². The molecule has 6 nitrogen and oxygen atoms in total. The van der Waals surface area contributed by atoms with E-state index in [0.717, 1.165) is 24.3 Å². The Morgan fingerprint density at radius 2 is 1.90 bits per heavy atom. The molecule has 3 rings (SSSR count). The highest BCUT2D eigenvalue weighted by atomic mass is 32.2. The quantitative estimate of drug-likeness (QED) is 0.608. The van der Waals surface area contributed by atoms with Crippen molar-refractivity contribution >= 4 is 21.1 Å². The highest BCUT2D eigenvalue weighted by Crippen LogP contribution is 2.23. The summed E-state index contributed by atoms with van der Waals surface area (Å²) in [5.41, 5.74) is 4.20. The molecule has 0 spiro atoms. The predicted molar refractivity (Wildman–Crippen MR) is 117 cm³/mol. The van der Waals surface area contributed by atoms with Crippen molar-refractivity contribution in [2.45, 2.75) is 51.2 Å². The zero-order chi connectivity index (χ0) is 21.2. The Balaban J connectivity index is 1.92. The molecule has 1 heterocycles. The van der Waals surface area contributed by atoms with Gasteiger partial charge in [0.05, 0.1) is 22.5 Å². The van der Waals surface area contributed by atoms with Crippen molar-refractivity contribution < 1.29 is 8.42 Å². The van der Waals surface area contributed by atoms with Gasteiger partial charge in [0.25, 0.3) is 0 Å². The van der Waals surface area contributed by atoms with E-state index in [2.05, 4.69) is 48.9 Å².